The minimum absolute atomic E-state index is 0.00907. The predicted octanol–water partition coefficient (Wildman–Crippen LogP) is 3.45. The Morgan fingerprint density at radius 2 is 1.87 bits per heavy atom. The van der Waals surface area contributed by atoms with Crippen LogP contribution in [-0.2, 0) is 0 Å². The van der Waals surface area contributed by atoms with Gasteiger partial charge in [-0.15, -0.1) is 0 Å². The molecule has 1 aromatic heterocycles. The Hall–Kier alpha value is -0.910. The van der Waals surface area contributed by atoms with Crippen LogP contribution in [0, 0.1) is 13.8 Å². The summed E-state index contributed by atoms with van der Waals surface area (Å²) in [5, 5.41) is -0.00907. The summed E-state index contributed by atoms with van der Waals surface area (Å²) in [5.74, 6) is -0.227. The molecule has 0 atom stereocenters. The Balaban J connectivity index is 3.13. The van der Waals surface area contributed by atoms with Gasteiger partial charge in [0.1, 0.15) is 0 Å². The van der Waals surface area contributed by atoms with E-state index in [9.17, 15) is 18.0 Å². The summed E-state index contributed by atoms with van der Waals surface area (Å²) in [5.41, 5.74) is -3.15. The van der Waals surface area contributed by atoms with Crippen LogP contribution in [0.5, 0.6) is 0 Å². The number of alkyl halides is 3. The molecule has 0 aliphatic rings. The molecule has 0 saturated heterocycles. The minimum Gasteiger partial charge on any atom is -0.353 e. The third-order valence-electron chi connectivity index (χ3n) is 1.96. The standard InChI is InChI=1S/C9H10F3NOS/c1-4-7(6(3)14)5(2)13-8(4)15-9(10,11)12/h13H,1-3H3. The van der Waals surface area contributed by atoms with E-state index < -0.39 is 5.51 Å². The van der Waals surface area contributed by atoms with Crippen molar-refractivity contribution < 1.29 is 18.0 Å². The second-order valence-electron chi connectivity index (χ2n) is 3.18. The Kier molecular flexibility index (Phi) is 3.18. The zero-order valence-corrected chi connectivity index (χ0v) is 9.27. The van der Waals surface area contributed by atoms with Gasteiger partial charge < -0.3 is 4.98 Å². The fraction of sp³-hybridized carbons (Fsp3) is 0.444. The van der Waals surface area contributed by atoms with Crippen LogP contribution in [0.3, 0.4) is 0 Å². The molecule has 1 rings (SSSR count). The van der Waals surface area contributed by atoms with E-state index >= 15 is 0 Å². The number of rotatable bonds is 2. The lowest BCUT2D eigenvalue weighted by atomic mass is 10.1. The second kappa shape index (κ2) is 3.92. The summed E-state index contributed by atoms with van der Waals surface area (Å²) in [6, 6.07) is 0. The summed E-state index contributed by atoms with van der Waals surface area (Å²) < 4.78 is 36.4. The monoisotopic (exact) mass is 237 g/mol. The van der Waals surface area contributed by atoms with Gasteiger partial charge in [0.25, 0.3) is 0 Å². The van der Waals surface area contributed by atoms with E-state index in [2.05, 4.69) is 4.98 Å². The van der Waals surface area contributed by atoms with E-state index in [1.807, 2.05) is 0 Å². The average Bonchev–Trinajstić information content (AvgIpc) is 2.23. The molecule has 0 aliphatic heterocycles. The molecule has 0 amide bonds. The fourth-order valence-electron chi connectivity index (χ4n) is 1.47. The number of aromatic amines is 1. The van der Waals surface area contributed by atoms with Crippen LogP contribution < -0.4 is 0 Å². The van der Waals surface area contributed by atoms with Gasteiger partial charge in [-0.05, 0) is 26.3 Å². The number of carbonyl (C=O) groups excluding carboxylic acids is 1. The maximum absolute atomic E-state index is 12.1. The highest BCUT2D eigenvalue weighted by Gasteiger charge is 2.32. The van der Waals surface area contributed by atoms with Crippen LogP contribution in [0.15, 0.2) is 5.03 Å². The number of Topliss-reactive ketones (excluding diaryl/α,β-unsaturated/α-hetero) is 1. The molecule has 1 N–H and O–H groups in total. The predicted molar refractivity (Wildman–Crippen MR) is 52.2 cm³/mol. The molecule has 0 fully saturated rings. The summed E-state index contributed by atoms with van der Waals surface area (Å²) in [6.07, 6.45) is 0. The third kappa shape index (κ3) is 2.77. The number of carbonyl (C=O) groups is 1. The van der Waals surface area contributed by atoms with Crippen molar-refractivity contribution in [3.63, 3.8) is 0 Å². The molecular weight excluding hydrogens is 227 g/mol. The maximum Gasteiger partial charge on any atom is 0.447 e. The molecule has 6 heteroatoms. The van der Waals surface area contributed by atoms with Crippen LogP contribution in [0.4, 0.5) is 13.2 Å². The van der Waals surface area contributed by atoms with Gasteiger partial charge in [0.05, 0.1) is 5.03 Å². The van der Waals surface area contributed by atoms with Gasteiger partial charge in [0.15, 0.2) is 5.78 Å². The number of ketones is 1. The van der Waals surface area contributed by atoms with Crippen molar-refractivity contribution in [2.75, 3.05) is 0 Å². The molecule has 2 nitrogen and oxygen atoms in total. The van der Waals surface area contributed by atoms with Gasteiger partial charge in [-0.3, -0.25) is 4.79 Å². The molecular formula is C9H10F3NOS. The molecule has 1 aromatic rings. The van der Waals surface area contributed by atoms with Crippen molar-refractivity contribution in [1.82, 2.24) is 4.98 Å². The smallest absolute Gasteiger partial charge is 0.353 e. The SMILES string of the molecule is CC(=O)c1c(C)[nH]c(SC(F)(F)F)c1C. The van der Waals surface area contributed by atoms with Crippen molar-refractivity contribution in [2.45, 2.75) is 31.3 Å². The lowest BCUT2D eigenvalue weighted by molar-refractivity contribution is -0.0329. The van der Waals surface area contributed by atoms with Gasteiger partial charge in [-0.1, -0.05) is 0 Å². The number of nitrogens with one attached hydrogen (secondary N) is 1. The average molecular weight is 237 g/mol. The fourth-order valence-corrected chi connectivity index (χ4v) is 2.16. The van der Waals surface area contributed by atoms with Crippen molar-refractivity contribution >= 4 is 17.5 Å². The normalized spacial score (nSPS) is 11.9. The molecule has 0 radical (unpaired) electrons. The van der Waals surface area contributed by atoms with Crippen LogP contribution in [-0.4, -0.2) is 16.3 Å². The molecule has 0 aromatic carbocycles. The maximum atomic E-state index is 12.1. The topological polar surface area (TPSA) is 32.9 Å². The van der Waals surface area contributed by atoms with Gasteiger partial charge >= 0.3 is 5.51 Å². The quantitative estimate of drug-likeness (QED) is 0.631. The Morgan fingerprint density at radius 3 is 2.20 bits per heavy atom. The number of aromatic nitrogens is 1. The van der Waals surface area contributed by atoms with Crippen LogP contribution >= 0.6 is 11.8 Å². The lowest BCUT2D eigenvalue weighted by Gasteiger charge is -2.04. The van der Waals surface area contributed by atoms with E-state index in [1.165, 1.54) is 13.8 Å². The van der Waals surface area contributed by atoms with Crippen molar-refractivity contribution in [1.29, 1.82) is 0 Å². The summed E-state index contributed by atoms with van der Waals surface area (Å²) in [4.78, 5) is 13.7. The summed E-state index contributed by atoms with van der Waals surface area (Å²) >= 11 is -0.228. The van der Waals surface area contributed by atoms with Gasteiger partial charge in [-0.25, -0.2) is 0 Å². The number of hydrogen-bond acceptors (Lipinski definition) is 2. The number of H-pyrrole nitrogens is 1. The first-order chi connectivity index (χ1) is 6.72. The summed E-state index contributed by atoms with van der Waals surface area (Å²) in [7, 11) is 0. The van der Waals surface area contributed by atoms with E-state index in [-0.39, 0.29) is 22.6 Å². The molecule has 1 heterocycles. The lowest BCUT2D eigenvalue weighted by Crippen LogP contribution is -2.00. The molecule has 0 spiro atoms. The highest BCUT2D eigenvalue weighted by molar-refractivity contribution is 8.00. The second-order valence-corrected chi connectivity index (χ2v) is 4.26. The summed E-state index contributed by atoms with van der Waals surface area (Å²) in [6.45, 7) is 4.43. The number of aryl methyl sites for hydroxylation is 1. The largest absolute Gasteiger partial charge is 0.447 e. The van der Waals surface area contributed by atoms with E-state index in [1.54, 1.807) is 6.92 Å². The number of halogens is 3. The number of thioether (sulfide) groups is 1. The molecule has 0 aliphatic carbocycles. The Morgan fingerprint density at radius 1 is 1.33 bits per heavy atom. The Bertz CT molecular complexity index is 395. The Labute approximate surface area is 89.2 Å². The molecule has 15 heavy (non-hydrogen) atoms. The molecule has 84 valence electrons. The highest BCUT2D eigenvalue weighted by atomic mass is 32.2. The first-order valence-corrected chi connectivity index (χ1v) is 5.00. The molecule has 0 bridgehead atoms. The van der Waals surface area contributed by atoms with Crippen LogP contribution in [0.1, 0.15) is 28.5 Å². The molecule has 0 unspecified atom stereocenters. The van der Waals surface area contributed by atoms with Crippen LogP contribution in [0.25, 0.3) is 0 Å². The first kappa shape index (κ1) is 12.2. The van der Waals surface area contributed by atoms with E-state index in [0.717, 1.165) is 0 Å². The van der Waals surface area contributed by atoms with Crippen LogP contribution in [0.2, 0.25) is 0 Å². The van der Waals surface area contributed by atoms with Gasteiger partial charge in [-0.2, -0.15) is 13.2 Å². The molecule has 0 saturated carbocycles. The van der Waals surface area contributed by atoms with Gasteiger partial charge in [0, 0.05) is 23.0 Å². The number of hydrogen-bond donors (Lipinski definition) is 1. The third-order valence-corrected chi connectivity index (χ3v) is 2.81. The van der Waals surface area contributed by atoms with Crippen molar-refractivity contribution in [2.24, 2.45) is 0 Å². The van der Waals surface area contributed by atoms with E-state index in [0.29, 0.717) is 16.8 Å². The zero-order valence-electron chi connectivity index (χ0n) is 8.45. The van der Waals surface area contributed by atoms with E-state index in [4.69, 9.17) is 0 Å². The van der Waals surface area contributed by atoms with Crippen molar-refractivity contribution in [3.05, 3.63) is 16.8 Å². The minimum atomic E-state index is -4.34. The first-order valence-electron chi connectivity index (χ1n) is 4.18. The highest BCUT2D eigenvalue weighted by Crippen LogP contribution is 2.39. The van der Waals surface area contributed by atoms with Crippen molar-refractivity contribution in [3.8, 4) is 0 Å². The van der Waals surface area contributed by atoms with Gasteiger partial charge in [0.2, 0.25) is 0 Å². The zero-order chi connectivity index (χ0) is 11.8.